The predicted octanol–water partition coefficient (Wildman–Crippen LogP) is 2.27. The second kappa shape index (κ2) is 3.32. The number of aromatic nitrogens is 1. The standard InChI is InChI=1S/C13H15FN2/c1-15(2)10-7-11-12(14)4-3-9-5-6-16(8-10)13(9)11/h3-6,10H,7-8H2,1-2H3. The number of hydrogen-bond donors (Lipinski definition) is 0. The van der Waals surface area contributed by atoms with Gasteiger partial charge in [0.15, 0.2) is 0 Å². The highest BCUT2D eigenvalue weighted by atomic mass is 19.1. The fourth-order valence-electron chi connectivity index (χ4n) is 2.57. The van der Waals surface area contributed by atoms with E-state index in [0.717, 1.165) is 29.4 Å². The van der Waals surface area contributed by atoms with Gasteiger partial charge >= 0.3 is 0 Å². The van der Waals surface area contributed by atoms with Gasteiger partial charge in [-0.25, -0.2) is 4.39 Å². The summed E-state index contributed by atoms with van der Waals surface area (Å²) in [5.74, 6) is -0.0704. The van der Waals surface area contributed by atoms with E-state index in [-0.39, 0.29) is 5.82 Å². The Bertz CT molecular complexity index is 542. The largest absolute Gasteiger partial charge is 0.346 e. The minimum absolute atomic E-state index is 0.0704. The number of rotatable bonds is 1. The van der Waals surface area contributed by atoms with Gasteiger partial charge in [-0.3, -0.25) is 0 Å². The molecule has 0 amide bonds. The molecule has 84 valence electrons. The first-order valence-corrected chi connectivity index (χ1v) is 5.59. The zero-order valence-corrected chi connectivity index (χ0v) is 9.57. The van der Waals surface area contributed by atoms with Crippen molar-refractivity contribution in [2.75, 3.05) is 14.1 Å². The average Bonchev–Trinajstić information content (AvgIpc) is 2.67. The molecular weight excluding hydrogens is 203 g/mol. The number of likely N-dealkylation sites (N-methyl/N-ethyl adjacent to an activating group) is 1. The highest BCUT2D eigenvalue weighted by Crippen LogP contribution is 2.29. The van der Waals surface area contributed by atoms with Crippen LogP contribution in [-0.4, -0.2) is 29.6 Å². The van der Waals surface area contributed by atoms with E-state index in [1.54, 1.807) is 6.07 Å². The van der Waals surface area contributed by atoms with Crippen LogP contribution in [0.5, 0.6) is 0 Å². The van der Waals surface area contributed by atoms with Gasteiger partial charge in [-0.2, -0.15) is 0 Å². The molecule has 1 aliphatic heterocycles. The number of halogens is 1. The summed E-state index contributed by atoms with van der Waals surface area (Å²) >= 11 is 0. The van der Waals surface area contributed by atoms with Gasteiger partial charge in [0.25, 0.3) is 0 Å². The maximum absolute atomic E-state index is 13.8. The molecule has 1 unspecified atom stereocenters. The van der Waals surface area contributed by atoms with Crippen LogP contribution in [0, 0.1) is 5.82 Å². The van der Waals surface area contributed by atoms with Crippen molar-refractivity contribution < 1.29 is 4.39 Å². The summed E-state index contributed by atoms with van der Waals surface area (Å²) in [7, 11) is 4.11. The van der Waals surface area contributed by atoms with Crippen LogP contribution >= 0.6 is 0 Å². The molecule has 0 bridgehead atoms. The molecule has 0 saturated heterocycles. The first-order chi connectivity index (χ1) is 7.66. The van der Waals surface area contributed by atoms with Gasteiger partial charge in [0.05, 0.1) is 5.52 Å². The molecule has 16 heavy (non-hydrogen) atoms. The summed E-state index contributed by atoms with van der Waals surface area (Å²) in [5.41, 5.74) is 1.95. The van der Waals surface area contributed by atoms with Gasteiger partial charge in [-0.15, -0.1) is 0 Å². The fraction of sp³-hybridized carbons (Fsp3) is 0.385. The molecule has 0 aliphatic carbocycles. The third-order valence-corrected chi connectivity index (χ3v) is 3.56. The summed E-state index contributed by atoms with van der Waals surface area (Å²) in [5, 5.41) is 1.15. The molecule has 1 atom stereocenters. The van der Waals surface area contributed by atoms with Crippen LogP contribution < -0.4 is 0 Å². The number of nitrogens with zero attached hydrogens (tertiary/aromatic N) is 2. The molecule has 2 heterocycles. The Hall–Kier alpha value is -1.35. The van der Waals surface area contributed by atoms with Gasteiger partial charge in [0.2, 0.25) is 0 Å². The Labute approximate surface area is 94.3 Å². The van der Waals surface area contributed by atoms with Crippen molar-refractivity contribution >= 4 is 10.9 Å². The minimum atomic E-state index is -0.0704. The molecule has 1 aromatic heterocycles. The van der Waals surface area contributed by atoms with Crippen molar-refractivity contribution in [2.45, 2.75) is 19.0 Å². The molecule has 3 rings (SSSR count). The first-order valence-electron chi connectivity index (χ1n) is 5.59. The molecule has 1 aliphatic rings. The Balaban J connectivity index is 2.21. The lowest BCUT2D eigenvalue weighted by Crippen LogP contribution is -2.36. The number of hydrogen-bond acceptors (Lipinski definition) is 1. The third kappa shape index (κ3) is 1.28. The van der Waals surface area contributed by atoms with E-state index in [1.165, 1.54) is 0 Å². The highest BCUT2D eigenvalue weighted by Gasteiger charge is 2.24. The second-order valence-electron chi connectivity index (χ2n) is 4.75. The van der Waals surface area contributed by atoms with E-state index >= 15 is 0 Å². The van der Waals surface area contributed by atoms with Crippen molar-refractivity contribution in [3.63, 3.8) is 0 Å². The highest BCUT2D eigenvalue weighted by molar-refractivity contribution is 5.84. The van der Waals surface area contributed by atoms with Crippen molar-refractivity contribution in [3.05, 3.63) is 35.8 Å². The predicted molar refractivity (Wildman–Crippen MR) is 63.1 cm³/mol. The quantitative estimate of drug-likeness (QED) is 0.713. The van der Waals surface area contributed by atoms with Crippen LogP contribution in [0.25, 0.3) is 10.9 Å². The SMILES string of the molecule is CN(C)C1Cc2c(F)ccc3ccn(c23)C1. The van der Waals surface area contributed by atoms with E-state index in [2.05, 4.69) is 35.8 Å². The zero-order chi connectivity index (χ0) is 11.3. The molecular formula is C13H15FN2. The Kier molecular flexibility index (Phi) is 2.04. The van der Waals surface area contributed by atoms with Crippen LogP contribution in [0.2, 0.25) is 0 Å². The van der Waals surface area contributed by atoms with E-state index < -0.39 is 0 Å². The normalized spacial score (nSPS) is 19.6. The molecule has 0 saturated carbocycles. The summed E-state index contributed by atoms with van der Waals surface area (Å²) in [6.07, 6.45) is 2.86. The van der Waals surface area contributed by atoms with Crippen LogP contribution in [0.1, 0.15) is 5.56 Å². The lowest BCUT2D eigenvalue weighted by Gasteiger charge is -2.30. The Morgan fingerprint density at radius 1 is 1.31 bits per heavy atom. The zero-order valence-electron chi connectivity index (χ0n) is 9.57. The van der Waals surface area contributed by atoms with Gasteiger partial charge in [-0.1, -0.05) is 0 Å². The van der Waals surface area contributed by atoms with E-state index in [4.69, 9.17) is 0 Å². The molecule has 2 nitrogen and oxygen atoms in total. The monoisotopic (exact) mass is 218 g/mol. The Morgan fingerprint density at radius 3 is 2.88 bits per heavy atom. The van der Waals surface area contributed by atoms with Gasteiger partial charge < -0.3 is 9.47 Å². The van der Waals surface area contributed by atoms with Crippen molar-refractivity contribution in [1.82, 2.24) is 9.47 Å². The summed E-state index contributed by atoms with van der Waals surface area (Å²) in [6, 6.07) is 5.90. The summed E-state index contributed by atoms with van der Waals surface area (Å²) in [4.78, 5) is 2.17. The van der Waals surface area contributed by atoms with Gasteiger partial charge in [0.1, 0.15) is 5.82 Å². The molecule has 0 radical (unpaired) electrons. The summed E-state index contributed by atoms with van der Waals surface area (Å²) < 4.78 is 16.0. The molecule has 1 aromatic carbocycles. The lowest BCUT2D eigenvalue weighted by molar-refractivity contribution is 0.256. The van der Waals surface area contributed by atoms with Crippen LogP contribution in [-0.2, 0) is 13.0 Å². The molecule has 0 fully saturated rings. The molecule has 0 N–H and O–H groups in total. The van der Waals surface area contributed by atoms with Gasteiger partial charge in [-0.05, 0) is 38.7 Å². The molecule has 2 aromatic rings. The van der Waals surface area contributed by atoms with Gasteiger partial charge in [0, 0.05) is 29.7 Å². The summed E-state index contributed by atoms with van der Waals surface area (Å²) in [6.45, 7) is 0.951. The average molecular weight is 218 g/mol. The number of benzene rings is 1. The Morgan fingerprint density at radius 2 is 2.12 bits per heavy atom. The third-order valence-electron chi connectivity index (χ3n) is 3.56. The maximum atomic E-state index is 13.8. The van der Waals surface area contributed by atoms with E-state index in [9.17, 15) is 4.39 Å². The van der Waals surface area contributed by atoms with E-state index in [1.807, 2.05) is 6.07 Å². The first kappa shape index (κ1) is 9.85. The molecule has 0 spiro atoms. The fourth-order valence-corrected chi connectivity index (χ4v) is 2.57. The maximum Gasteiger partial charge on any atom is 0.128 e. The van der Waals surface area contributed by atoms with E-state index in [0.29, 0.717) is 6.04 Å². The van der Waals surface area contributed by atoms with Crippen LogP contribution in [0.3, 0.4) is 0 Å². The van der Waals surface area contributed by atoms with Crippen molar-refractivity contribution in [3.8, 4) is 0 Å². The van der Waals surface area contributed by atoms with Crippen LogP contribution in [0.15, 0.2) is 24.4 Å². The van der Waals surface area contributed by atoms with Crippen molar-refractivity contribution in [1.29, 1.82) is 0 Å². The lowest BCUT2D eigenvalue weighted by atomic mass is 9.99. The molecule has 3 heteroatoms. The van der Waals surface area contributed by atoms with Crippen LogP contribution in [0.4, 0.5) is 4.39 Å². The minimum Gasteiger partial charge on any atom is -0.346 e. The smallest absolute Gasteiger partial charge is 0.128 e. The van der Waals surface area contributed by atoms with Crippen molar-refractivity contribution in [2.24, 2.45) is 0 Å². The topological polar surface area (TPSA) is 8.17 Å². The second-order valence-corrected chi connectivity index (χ2v) is 4.75.